The Balaban J connectivity index is 1.78. The van der Waals surface area contributed by atoms with Crippen LogP contribution in [0.15, 0.2) is 39.2 Å². The third-order valence-electron chi connectivity index (χ3n) is 3.88. The molecule has 0 aromatic carbocycles. The summed E-state index contributed by atoms with van der Waals surface area (Å²) in [5.74, 6) is -2.15. The summed E-state index contributed by atoms with van der Waals surface area (Å²) in [5, 5.41) is 24.2. The van der Waals surface area contributed by atoms with Gasteiger partial charge >= 0.3 is 5.97 Å². The Kier molecular flexibility index (Phi) is 5.00. The number of carboxylic acid groups (broad SMARTS) is 1. The Bertz CT molecular complexity index is 802. The standard InChI is InChI=1S/C15H15N3O7S/c1-24-17-9(8-3-2-4-25-8)12(20)16-10-13(21)18-11(15(22)23)7(5-19)6-26-14(10)18/h2-4,10,14,19H,5-6H2,1H3,(H,16,20)(H,22,23)/t10?,14-/m0/s1. The maximum Gasteiger partial charge on any atom is 0.352 e. The molecule has 2 amide bonds. The molecule has 1 saturated heterocycles. The minimum Gasteiger partial charge on any atom is -0.477 e. The number of carbonyl (C=O) groups is 3. The van der Waals surface area contributed by atoms with Crippen molar-refractivity contribution in [2.75, 3.05) is 19.5 Å². The maximum atomic E-state index is 12.5. The molecule has 26 heavy (non-hydrogen) atoms. The lowest BCUT2D eigenvalue weighted by atomic mass is 10.0. The zero-order valence-electron chi connectivity index (χ0n) is 13.5. The summed E-state index contributed by atoms with van der Waals surface area (Å²) in [6, 6.07) is 2.17. The van der Waals surface area contributed by atoms with Gasteiger partial charge in [-0.2, -0.15) is 0 Å². The van der Waals surface area contributed by atoms with Crippen LogP contribution >= 0.6 is 11.8 Å². The Morgan fingerprint density at radius 1 is 1.54 bits per heavy atom. The first-order chi connectivity index (χ1) is 12.5. The molecule has 0 saturated carbocycles. The molecule has 3 heterocycles. The van der Waals surface area contributed by atoms with E-state index in [0.29, 0.717) is 0 Å². The molecule has 1 aromatic heterocycles. The van der Waals surface area contributed by atoms with Gasteiger partial charge in [-0.25, -0.2) is 4.79 Å². The minimum absolute atomic E-state index is 0.144. The van der Waals surface area contributed by atoms with E-state index in [0.717, 1.165) is 4.90 Å². The number of hydrogen-bond acceptors (Lipinski definition) is 8. The van der Waals surface area contributed by atoms with Crippen LogP contribution in [0, 0.1) is 0 Å². The first-order valence-electron chi connectivity index (χ1n) is 7.46. The molecule has 0 spiro atoms. The van der Waals surface area contributed by atoms with Crippen LogP contribution in [0.1, 0.15) is 5.76 Å². The first-order valence-corrected chi connectivity index (χ1v) is 8.51. The molecular formula is C15H15N3O7S. The molecule has 0 bridgehead atoms. The lowest BCUT2D eigenvalue weighted by molar-refractivity contribution is -0.150. The molecule has 0 aliphatic carbocycles. The molecule has 2 aliphatic heterocycles. The molecule has 1 unspecified atom stereocenters. The summed E-state index contributed by atoms with van der Waals surface area (Å²) in [6.07, 6.45) is 1.36. The fourth-order valence-electron chi connectivity index (χ4n) is 2.72. The van der Waals surface area contributed by atoms with E-state index in [2.05, 4.69) is 15.3 Å². The van der Waals surface area contributed by atoms with Crippen molar-refractivity contribution in [3.05, 3.63) is 35.4 Å². The smallest absolute Gasteiger partial charge is 0.352 e. The fraction of sp³-hybridized carbons (Fsp3) is 0.333. The summed E-state index contributed by atoms with van der Waals surface area (Å²) in [5.41, 5.74) is -0.118. The van der Waals surface area contributed by atoms with Crippen LogP contribution in [0.5, 0.6) is 0 Å². The predicted molar refractivity (Wildman–Crippen MR) is 89.0 cm³/mol. The topological polar surface area (TPSA) is 142 Å². The van der Waals surface area contributed by atoms with Crippen LogP contribution in [0.2, 0.25) is 0 Å². The molecule has 1 fully saturated rings. The second kappa shape index (κ2) is 7.22. The van der Waals surface area contributed by atoms with E-state index in [9.17, 15) is 24.6 Å². The molecule has 10 nitrogen and oxygen atoms in total. The first kappa shape index (κ1) is 18.0. The van der Waals surface area contributed by atoms with Crippen molar-refractivity contribution in [3.8, 4) is 0 Å². The van der Waals surface area contributed by atoms with Gasteiger partial charge in [-0.15, -0.1) is 11.8 Å². The monoisotopic (exact) mass is 381 g/mol. The van der Waals surface area contributed by atoms with Crippen molar-refractivity contribution >= 4 is 35.3 Å². The van der Waals surface area contributed by atoms with E-state index in [1.807, 2.05) is 0 Å². The quantitative estimate of drug-likeness (QED) is 0.336. The molecule has 3 N–H and O–H groups in total. The fourth-order valence-corrected chi connectivity index (χ4v) is 4.05. The number of oxime groups is 1. The SMILES string of the molecule is CON=C(C(=O)NC1C(=O)N2C(C(=O)O)=C(CO)CS[C@@H]12)c1ccco1. The van der Waals surface area contributed by atoms with Crippen LogP contribution in [0.3, 0.4) is 0 Å². The van der Waals surface area contributed by atoms with E-state index in [4.69, 9.17) is 4.42 Å². The highest BCUT2D eigenvalue weighted by molar-refractivity contribution is 8.00. The third kappa shape index (κ3) is 2.95. The lowest BCUT2D eigenvalue weighted by Crippen LogP contribution is -2.71. The number of aliphatic carboxylic acids is 1. The predicted octanol–water partition coefficient (Wildman–Crippen LogP) is -0.639. The number of nitrogens with one attached hydrogen (secondary N) is 1. The van der Waals surface area contributed by atoms with E-state index in [1.165, 1.54) is 31.2 Å². The number of thioether (sulfide) groups is 1. The van der Waals surface area contributed by atoms with Gasteiger partial charge in [0.05, 0.1) is 12.9 Å². The number of aliphatic hydroxyl groups is 1. The van der Waals surface area contributed by atoms with Crippen molar-refractivity contribution in [2.24, 2.45) is 5.16 Å². The number of nitrogens with zero attached hydrogens (tertiary/aromatic N) is 2. The highest BCUT2D eigenvalue weighted by atomic mass is 32.2. The molecule has 1 aromatic rings. The zero-order chi connectivity index (χ0) is 18.8. The number of fused-ring (bicyclic) bond motifs is 1. The summed E-state index contributed by atoms with van der Waals surface area (Å²) in [4.78, 5) is 42.0. The molecule has 3 rings (SSSR count). The number of furan rings is 1. The van der Waals surface area contributed by atoms with Gasteiger partial charge < -0.3 is 24.8 Å². The molecule has 138 valence electrons. The van der Waals surface area contributed by atoms with Gasteiger partial charge in [-0.1, -0.05) is 5.16 Å². The zero-order valence-corrected chi connectivity index (χ0v) is 14.4. The molecule has 2 atom stereocenters. The van der Waals surface area contributed by atoms with Crippen LogP contribution in [-0.2, 0) is 19.2 Å². The van der Waals surface area contributed by atoms with Crippen LogP contribution < -0.4 is 5.32 Å². The second-order valence-corrected chi connectivity index (χ2v) is 6.48. The number of rotatable bonds is 6. The van der Waals surface area contributed by atoms with Crippen molar-refractivity contribution in [1.29, 1.82) is 0 Å². The van der Waals surface area contributed by atoms with E-state index in [-0.39, 0.29) is 28.5 Å². The summed E-state index contributed by atoms with van der Waals surface area (Å²) >= 11 is 1.26. The number of amides is 2. The minimum atomic E-state index is -1.30. The van der Waals surface area contributed by atoms with Gasteiger partial charge in [0.1, 0.15) is 24.2 Å². The Labute approximate surface area is 151 Å². The maximum absolute atomic E-state index is 12.5. The Morgan fingerprint density at radius 3 is 2.88 bits per heavy atom. The second-order valence-electron chi connectivity index (χ2n) is 5.38. The summed E-state index contributed by atoms with van der Waals surface area (Å²) in [7, 11) is 1.27. The van der Waals surface area contributed by atoms with E-state index < -0.39 is 35.8 Å². The number of β-lactam (4-membered cyclic amide) rings is 1. The van der Waals surface area contributed by atoms with E-state index in [1.54, 1.807) is 6.07 Å². The summed E-state index contributed by atoms with van der Waals surface area (Å²) in [6.45, 7) is -0.453. The van der Waals surface area contributed by atoms with Crippen molar-refractivity contribution in [2.45, 2.75) is 11.4 Å². The van der Waals surface area contributed by atoms with Gasteiger partial charge in [-0.05, 0) is 17.7 Å². The number of hydrogen-bond donors (Lipinski definition) is 3. The van der Waals surface area contributed by atoms with Gasteiger partial charge in [0, 0.05) is 5.75 Å². The largest absolute Gasteiger partial charge is 0.477 e. The average Bonchev–Trinajstić information content (AvgIpc) is 3.16. The Morgan fingerprint density at radius 2 is 2.31 bits per heavy atom. The Hall–Kier alpha value is -2.79. The number of aliphatic hydroxyl groups excluding tert-OH is 1. The van der Waals surface area contributed by atoms with E-state index >= 15 is 0 Å². The normalized spacial score (nSPS) is 22.6. The molecular weight excluding hydrogens is 366 g/mol. The van der Waals surface area contributed by atoms with Crippen LogP contribution in [0.25, 0.3) is 0 Å². The van der Waals surface area contributed by atoms with Crippen LogP contribution in [0.4, 0.5) is 0 Å². The number of carbonyl (C=O) groups excluding carboxylic acids is 2. The van der Waals surface area contributed by atoms with Crippen molar-refractivity contribution in [3.63, 3.8) is 0 Å². The average molecular weight is 381 g/mol. The van der Waals surface area contributed by atoms with Gasteiger partial charge in [0.2, 0.25) is 5.71 Å². The lowest BCUT2D eigenvalue weighted by Gasteiger charge is -2.49. The van der Waals surface area contributed by atoms with Crippen molar-refractivity contribution < 1.29 is 33.9 Å². The third-order valence-corrected chi connectivity index (χ3v) is 5.22. The highest BCUT2D eigenvalue weighted by Gasteiger charge is 2.54. The van der Waals surface area contributed by atoms with Gasteiger partial charge in [0.25, 0.3) is 11.8 Å². The van der Waals surface area contributed by atoms with Crippen LogP contribution in [-0.4, -0.2) is 69.5 Å². The molecule has 11 heteroatoms. The molecule has 0 radical (unpaired) electrons. The molecule has 2 aliphatic rings. The van der Waals surface area contributed by atoms with Gasteiger partial charge in [0.15, 0.2) is 5.76 Å². The van der Waals surface area contributed by atoms with Crippen molar-refractivity contribution in [1.82, 2.24) is 10.2 Å². The number of carboxylic acids is 1. The highest BCUT2D eigenvalue weighted by Crippen LogP contribution is 2.40. The van der Waals surface area contributed by atoms with Gasteiger partial charge in [-0.3, -0.25) is 14.5 Å². The summed E-state index contributed by atoms with van der Waals surface area (Å²) < 4.78 is 5.13.